The third kappa shape index (κ3) is 5.48. The molecule has 10 heteroatoms. The SMILES string of the molecule is CCN(CC)S(=O)(=O)c1ccc(N2CCCCC2)c(NC(=O)CCN2CCOC2=O)c1. The molecule has 9 nitrogen and oxygen atoms in total. The van der Waals surface area contributed by atoms with Gasteiger partial charge in [0, 0.05) is 39.1 Å². The summed E-state index contributed by atoms with van der Waals surface area (Å²) in [6.07, 6.45) is 2.99. The van der Waals surface area contributed by atoms with Crippen LogP contribution in [0.2, 0.25) is 0 Å². The summed E-state index contributed by atoms with van der Waals surface area (Å²) in [5.74, 6) is -0.268. The van der Waals surface area contributed by atoms with Crippen molar-refractivity contribution in [3.8, 4) is 0 Å². The lowest BCUT2D eigenvalue weighted by atomic mass is 10.1. The Morgan fingerprint density at radius 3 is 2.45 bits per heavy atom. The van der Waals surface area contributed by atoms with Crippen LogP contribution in [0.15, 0.2) is 23.1 Å². The monoisotopic (exact) mass is 452 g/mol. The van der Waals surface area contributed by atoms with Crippen molar-refractivity contribution in [1.82, 2.24) is 9.21 Å². The fourth-order valence-corrected chi connectivity index (χ4v) is 5.46. The highest BCUT2D eigenvalue weighted by atomic mass is 32.2. The van der Waals surface area contributed by atoms with E-state index in [9.17, 15) is 18.0 Å². The molecule has 0 aromatic heterocycles. The number of benzene rings is 1. The summed E-state index contributed by atoms with van der Waals surface area (Å²) in [6, 6.07) is 4.96. The molecule has 2 aliphatic heterocycles. The fourth-order valence-electron chi connectivity index (χ4n) is 3.98. The maximum Gasteiger partial charge on any atom is 0.409 e. The molecule has 0 radical (unpaired) electrons. The second-order valence-corrected chi connectivity index (χ2v) is 9.65. The van der Waals surface area contributed by atoms with Crippen molar-refractivity contribution < 1.29 is 22.7 Å². The lowest BCUT2D eigenvalue weighted by molar-refractivity contribution is -0.116. The van der Waals surface area contributed by atoms with Gasteiger partial charge in [0.05, 0.1) is 22.8 Å². The number of carbonyl (C=O) groups excluding carboxylic acids is 2. The lowest BCUT2D eigenvalue weighted by Crippen LogP contribution is -2.32. The number of ether oxygens (including phenoxy) is 1. The van der Waals surface area contributed by atoms with Crippen molar-refractivity contribution in [1.29, 1.82) is 0 Å². The normalized spacial score (nSPS) is 17.2. The van der Waals surface area contributed by atoms with Crippen LogP contribution < -0.4 is 10.2 Å². The molecule has 1 aromatic rings. The summed E-state index contributed by atoms with van der Waals surface area (Å²) < 4.78 is 32.3. The van der Waals surface area contributed by atoms with Crippen LogP contribution >= 0.6 is 0 Å². The van der Waals surface area contributed by atoms with E-state index in [0.717, 1.165) is 31.6 Å². The van der Waals surface area contributed by atoms with E-state index >= 15 is 0 Å². The van der Waals surface area contributed by atoms with E-state index in [1.165, 1.54) is 15.6 Å². The fraction of sp³-hybridized carbons (Fsp3) is 0.619. The van der Waals surface area contributed by atoms with Gasteiger partial charge in [0.25, 0.3) is 0 Å². The Bertz CT molecular complexity index is 895. The summed E-state index contributed by atoms with van der Waals surface area (Å²) >= 11 is 0. The number of hydrogen-bond acceptors (Lipinski definition) is 6. The van der Waals surface area contributed by atoms with Gasteiger partial charge in [0.15, 0.2) is 0 Å². The highest BCUT2D eigenvalue weighted by Gasteiger charge is 2.26. The number of carbonyl (C=O) groups is 2. The highest BCUT2D eigenvalue weighted by molar-refractivity contribution is 7.89. The van der Waals surface area contributed by atoms with Gasteiger partial charge in [0.1, 0.15) is 6.61 Å². The van der Waals surface area contributed by atoms with E-state index in [-0.39, 0.29) is 23.8 Å². The molecule has 2 heterocycles. The standard InChI is InChI=1S/C21H32N4O5S/c1-3-25(4-2)31(28,29)17-8-9-19(23-11-6-5-7-12-23)18(16-17)22-20(26)10-13-24-14-15-30-21(24)27/h8-9,16H,3-7,10-15H2,1-2H3,(H,22,26). The van der Waals surface area contributed by atoms with Crippen LogP contribution in [0.25, 0.3) is 0 Å². The zero-order chi connectivity index (χ0) is 22.4. The first-order chi connectivity index (χ1) is 14.9. The zero-order valence-electron chi connectivity index (χ0n) is 18.3. The Labute approximate surface area is 184 Å². The molecular formula is C21H32N4O5S. The number of anilines is 2. The van der Waals surface area contributed by atoms with Crippen LogP contribution in [0.5, 0.6) is 0 Å². The Morgan fingerprint density at radius 1 is 1.13 bits per heavy atom. The summed E-state index contributed by atoms with van der Waals surface area (Å²) in [4.78, 5) is 28.1. The zero-order valence-corrected chi connectivity index (χ0v) is 19.1. The predicted octanol–water partition coefficient (Wildman–Crippen LogP) is 2.49. The van der Waals surface area contributed by atoms with Crippen LogP contribution in [0.1, 0.15) is 39.5 Å². The number of amides is 2. The third-order valence-corrected chi connectivity index (χ3v) is 7.78. The summed E-state index contributed by atoms with van der Waals surface area (Å²) in [5.41, 5.74) is 1.32. The molecule has 31 heavy (non-hydrogen) atoms. The third-order valence-electron chi connectivity index (χ3n) is 5.74. The summed E-state index contributed by atoms with van der Waals surface area (Å²) in [6.45, 7) is 7.16. The Morgan fingerprint density at radius 2 is 1.84 bits per heavy atom. The van der Waals surface area contributed by atoms with Gasteiger partial charge in [-0.25, -0.2) is 13.2 Å². The highest BCUT2D eigenvalue weighted by Crippen LogP contribution is 2.32. The van der Waals surface area contributed by atoms with Gasteiger partial charge in [-0.05, 0) is 37.5 Å². The molecule has 0 spiro atoms. The van der Waals surface area contributed by atoms with Crippen LogP contribution in [0.3, 0.4) is 0 Å². The van der Waals surface area contributed by atoms with Crippen molar-refractivity contribution >= 4 is 33.4 Å². The Balaban J connectivity index is 1.83. The average molecular weight is 453 g/mol. The molecule has 1 N–H and O–H groups in total. The number of piperidine rings is 1. The van der Waals surface area contributed by atoms with Crippen LogP contribution in [0, 0.1) is 0 Å². The Hall–Kier alpha value is -2.33. The van der Waals surface area contributed by atoms with E-state index in [0.29, 0.717) is 31.9 Å². The van der Waals surface area contributed by atoms with Gasteiger partial charge in [-0.2, -0.15) is 4.31 Å². The molecule has 2 aliphatic rings. The van der Waals surface area contributed by atoms with Crippen molar-refractivity contribution in [2.24, 2.45) is 0 Å². The van der Waals surface area contributed by atoms with E-state index in [2.05, 4.69) is 10.2 Å². The largest absolute Gasteiger partial charge is 0.448 e. The van der Waals surface area contributed by atoms with Gasteiger partial charge in [-0.1, -0.05) is 13.8 Å². The van der Waals surface area contributed by atoms with E-state index in [4.69, 9.17) is 4.74 Å². The quantitative estimate of drug-likeness (QED) is 0.618. The minimum atomic E-state index is -3.65. The minimum absolute atomic E-state index is 0.113. The molecule has 0 bridgehead atoms. The number of hydrogen-bond donors (Lipinski definition) is 1. The molecule has 3 rings (SSSR count). The average Bonchev–Trinajstić information content (AvgIpc) is 3.18. The van der Waals surface area contributed by atoms with Gasteiger partial charge in [-0.3, -0.25) is 4.79 Å². The van der Waals surface area contributed by atoms with Crippen LogP contribution in [-0.2, 0) is 19.6 Å². The first-order valence-electron chi connectivity index (χ1n) is 11.0. The first-order valence-corrected chi connectivity index (χ1v) is 12.4. The van der Waals surface area contributed by atoms with Gasteiger partial charge in [-0.15, -0.1) is 0 Å². The number of cyclic esters (lactones) is 1. The van der Waals surface area contributed by atoms with Crippen LogP contribution in [0.4, 0.5) is 16.2 Å². The topological polar surface area (TPSA) is 99.3 Å². The van der Waals surface area contributed by atoms with Gasteiger partial charge >= 0.3 is 6.09 Å². The number of nitrogens with zero attached hydrogens (tertiary/aromatic N) is 3. The smallest absolute Gasteiger partial charge is 0.409 e. The molecule has 0 atom stereocenters. The van der Waals surface area contributed by atoms with Crippen molar-refractivity contribution in [2.45, 2.75) is 44.4 Å². The van der Waals surface area contributed by atoms with Gasteiger partial charge < -0.3 is 19.9 Å². The van der Waals surface area contributed by atoms with Crippen molar-refractivity contribution in [3.05, 3.63) is 18.2 Å². The van der Waals surface area contributed by atoms with Crippen molar-refractivity contribution in [2.75, 3.05) is 56.1 Å². The molecule has 2 fully saturated rings. The first kappa shape index (κ1) is 23.3. The number of rotatable bonds is 9. The molecule has 0 aliphatic carbocycles. The minimum Gasteiger partial charge on any atom is -0.448 e. The molecule has 0 saturated carbocycles. The molecular weight excluding hydrogens is 420 g/mol. The van der Waals surface area contributed by atoms with E-state index < -0.39 is 16.1 Å². The van der Waals surface area contributed by atoms with Gasteiger partial charge in [0.2, 0.25) is 15.9 Å². The molecule has 2 saturated heterocycles. The predicted molar refractivity (Wildman–Crippen MR) is 119 cm³/mol. The second-order valence-electron chi connectivity index (χ2n) is 7.72. The van der Waals surface area contributed by atoms with Crippen molar-refractivity contribution in [3.63, 3.8) is 0 Å². The molecule has 1 aromatic carbocycles. The molecule has 172 valence electrons. The molecule has 2 amide bonds. The molecule has 0 unspecified atom stereocenters. The number of sulfonamides is 1. The maximum atomic E-state index is 13.0. The maximum absolute atomic E-state index is 13.0. The Kier molecular flexibility index (Phi) is 7.77. The summed E-state index contributed by atoms with van der Waals surface area (Å²) in [7, 11) is -3.65. The van der Waals surface area contributed by atoms with Crippen LogP contribution in [-0.4, -0.2) is 75.5 Å². The van der Waals surface area contributed by atoms with E-state index in [1.807, 2.05) is 0 Å². The second kappa shape index (κ2) is 10.3. The summed E-state index contributed by atoms with van der Waals surface area (Å²) in [5, 5.41) is 2.89. The lowest BCUT2D eigenvalue weighted by Gasteiger charge is -2.31. The number of nitrogens with one attached hydrogen (secondary N) is 1. The van der Waals surface area contributed by atoms with E-state index in [1.54, 1.807) is 32.0 Å².